The number of esters is 1. The molecule has 1 aromatic carbocycles. The molecule has 1 aromatic rings. The maximum Gasteiger partial charge on any atom is 0.495 e. The molecule has 0 aliphatic carbocycles. The van der Waals surface area contributed by atoms with Gasteiger partial charge in [-0.3, -0.25) is 0 Å². The highest BCUT2D eigenvalue weighted by Gasteiger charge is 2.52. The van der Waals surface area contributed by atoms with Crippen molar-refractivity contribution in [1.82, 2.24) is 0 Å². The number of carbonyl (C=O) groups is 1. The molecule has 0 N–H and O–H groups in total. The molecule has 0 bridgehead atoms. The van der Waals surface area contributed by atoms with Gasteiger partial charge in [-0.05, 0) is 45.3 Å². The van der Waals surface area contributed by atoms with Gasteiger partial charge in [-0.25, -0.2) is 4.79 Å². The van der Waals surface area contributed by atoms with E-state index in [-0.39, 0.29) is 5.56 Å². The number of ether oxygens (including phenoxy) is 3. The number of hydrogen-bond donors (Lipinski definition) is 0. The number of carbonyl (C=O) groups excluding carboxylic acids is 1. The summed E-state index contributed by atoms with van der Waals surface area (Å²) in [5, 5.41) is 0. The normalized spacial score (nSPS) is 18.7. The first-order valence-electron chi connectivity index (χ1n) is 7.36. The van der Waals surface area contributed by atoms with E-state index in [1.165, 1.54) is 21.3 Å². The van der Waals surface area contributed by atoms with Gasteiger partial charge in [-0.2, -0.15) is 0 Å². The highest BCUT2D eigenvalue weighted by Crippen LogP contribution is 2.37. The Morgan fingerprint density at radius 2 is 1.39 bits per heavy atom. The zero-order valence-corrected chi connectivity index (χ0v) is 14.7. The Hall–Kier alpha value is -1.73. The molecule has 6 nitrogen and oxygen atoms in total. The highest BCUT2D eigenvalue weighted by atomic mass is 16.7. The molecule has 1 fully saturated rings. The summed E-state index contributed by atoms with van der Waals surface area (Å²) in [7, 11) is 3.70. The fraction of sp³-hybridized carbons (Fsp3) is 0.562. The van der Waals surface area contributed by atoms with Crippen molar-refractivity contribution in [3.05, 3.63) is 17.7 Å². The Balaban J connectivity index is 2.48. The van der Waals surface area contributed by atoms with Crippen molar-refractivity contribution in [2.45, 2.75) is 38.9 Å². The van der Waals surface area contributed by atoms with Gasteiger partial charge in [-0.15, -0.1) is 0 Å². The first-order chi connectivity index (χ1) is 10.7. The van der Waals surface area contributed by atoms with Crippen LogP contribution in [-0.4, -0.2) is 45.6 Å². The van der Waals surface area contributed by atoms with Crippen LogP contribution in [0.2, 0.25) is 0 Å². The molecular weight excluding hydrogens is 299 g/mol. The van der Waals surface area contributed by atoms with Crippen LogP contribution in [0.4, 0.5) is 0 Å². The van der Waals surface area contributed by atoms with Crippen molar-refractivity contribution in [1.29, 1.82) is 0 Å². The van der Waals surface area contributed by atoms with Gasteiger partial charge in [0.05, 0.1) is 32.5 Å². The van der Waals surface area contributed by atoms with Crippen LogP contribution in [0.3, 0.4) is 0 Å². The van der Waals surface area contributed by atoms with Gasteiger partial charge in [0.15, 0.2) is 0 Å². The average molecular weight is 322 g/mol. The Morgan fingerprint density at radius 1 is 0.957 bits per heavy atom. The minimum absolute atomic E-state index is 0.234. The summed E-state index contributed by atoms with van der Waals surface area (Å²) in [6, 6.07) is 3.41. The molecule has 1 aliphatic rings. The molecule has 0 spiro atoms. The Morgan fingerprint density at radius 3 is 1.74 bits per heavy atom. The third kappa shape index (κ3) is 3.03. The first kappa shape index (κ1) is 17.6. The summed E-state index contributed by atoms with van der Waals surface area (Å²) < 4.78 is 27.5. The highest BCUT2D eigenvalue weighted by molar-refractivity contribution is 6.62. The Bertz CT molecular complexity index is 570. The van der Waals surface area contributed by atoms with Gasteiger partial charge in [0, 0.05) is 0 Å². The van der Waals surface area contributed by atoms with Crippen LogP contribution in [0.25, 0.3) is 0 Å². The zero-order chi connectivity index (χ0) is 17.4. The predicted octanol–water partition coefficient (Wildman–Crippen LogP) is 1.79. The molecule has 0 atom stereocenters. The van der Waals surface area contributed by atoms with E-state index in [1.54, 1.807) is 12.1 Å². The SMILES string of the molecule is COC(=O)c1c(OC)cc(B2OC(C)(C)C(C)(C)O2)cc1OC. The topological polar surface area (TPSA) is 63.2 Å². The Kier molecular flexibility index (Phi) is 4.64. The van der Waals surface area contributed by atoms with Crippen molar-refractivity contribution in [3.63, 3.8) is 0 Å². The summed E-state index contributed by atoms with van der Waals surface area (Å²) >= 11 is 0. The van der Waals surface area contributed by atoms with Crippen molar-refractivity contribution in [2.75, 3.05) is 21.3 Å². The van der Waals surface area contributed by atoms with Gasteiger partial charge in [0.1, 0.15) is 17.1 Å². The standard InChI is InChI=1S/C16H23BO6/c1-15(2)16(3,4)23-17(22-15)10-8-11(19-5)13(14(18)21-7)12(9-10)20-6/h8-9H,1-7H3. The molecule has 2 rings (SSSR count). The van der Waals surface area contributed by atoms with Gasteiger partial charge in [0.2, 0.25) is 0 Å². The molecule has 7 heteroatoms. The van der Waals surface area contributed by atoms with Gasteiger partial charge in [0.25, 0.3) is 0 Å². The lowest BCUT2D eigenvalue weighted by atomic mass is 9.78. The summed E-state index contributed by atoms with van der Waals surface area (Å²) in [5.41, 5.74) is 0.0287. The van der Waals surface area contributed by atoms with Crippen molar-refractivity contribution in [2.24, 2.45) is 0 Å². The lowest BCUT2D eigenvalue weighted by Gasteiger charge is -2.32. The van der Waals surface area contributed by atoms with E-state index in [4.69, 9.17) is 23.5 Å². The van der Waals surface area contributed by atoms with Crippen LogP contribution in [0, 0.1) is 0 Å². The molecule has 0 aromatic heterocycles. The molecule has 1 heterocycles. The second-order valence-electron chi connectivity index (χ2n) is 6.38. The van der Waals surface area contributed by atoms with E-state index in [0.29, 0.717) is 17.0 Å². The lowest BCUT2D eigenvalue weighted by molar-refractivity contribution is 0.00578. The van der Waals surface area contributed by atoms with Gasteiger partial charge in [-0.1, -0.05) is 0 Å². The van der Waals surface area contributed by atoms with Crippen LogP contribution in [0.15, 0.2) is 12.1 Å². The van der Waals surface area contributed by atoms with Crippen molar-refractivity contribution < 1.29 is 28.3 Å². The molecule has 0 amide bonds. The van der Waals surface area contributed by atoms with Crippen LogP contribution in [-0.2, 0) is 14.0 Å². The maximum atomic E-state index is 12.0. The number of rotatable bonds is 4. The van der Waals surface area contributed by atoms with E-state index in [1.807, 2.05) is 27.7 Å². The second kappa shape index (κ2) is 6.05. The Labute approximate surface area is 137 Å². The quantitative estimate of drug-likeness (QED) is 0.622. The summed E-state index contributed by atoms with van der Waals surface area (Å²) in [6.45, 7) is 7.91. The van der Waals surface area contributed by atoms with Gasteiger partial charge < -0.3 is 23.5 Å². The van der Waals surface area contributed by atoms with E-state index >= 15 is 0 Å². The predicted molar refractivity (Wildman–Crippen MR) is 86.6 cm³/mol. The molecule has 126 valence electrons. The van der Waals surface area contributed by atoms with Gasteiger partial charge >= 0.3 is 13.1 Å². The molecular formula is C16H23BO6. The van der Waals surface area contributed by atoms with E-state index in [9.17, 15) is 4.79 Å². The number of hydrogen-bond acceptors (Lipinski definition) is 6. The fourth-order valence-electron chi connectivity index (χ4n) is 2.35. The van der Waals surface area contributed by atoms with E-state index in [2.05, 4.69) is 0 Å². The smallest absolute Gasteiger partial charge is 0.495 e. The van der Waals surface area contributed by atoms with Crippen LogP contribution >= 0.6 is 0 Å². The fourth-order valence-corrected chi connectivity index (χ4v) is 2.35. The minimum Gasteiger partial charge on any atom is -0.496 e. The molecule has 0 radical (unpaired) electrons. The maximum absolute atomic E-state index is 12.0. The summed E-state index contributed by atoms with van der Waals surface area (Å²) in [6.07, 6.45) is 0. The summed E-state index contributed by atoms with van der Waals surface area (Å²) in [5.74, 6) is 0.168. The van der Waals surface area contributed by atoms with Crippen molar-refractivity contribution in [3.8, 4) is 11.5 Å². The largest absolute Gasteiger partial charge is 0.496 e. The summed E-state index contributed by atoms with van der Waals surface area (Å²) in [4.78, 5) is 12.0. The average Bonchev–Trinajstić information content (AvgIpc) is 2.73. The lowest BCUT2D eigenvalue weighted by Crippen LogP contribution is -2.41. The van der Waals surface area contributed by atoms with Crippen LogP contribution in [0.5, 0.6) is 11.5 Å². The number of methoxy groups -OCH3 is 3. The molecule has 1 saturated heterocycles. The number of benzene rings is 1. The first-order valence-corrected chi connectivity index (χ1v) is 7.36. The molecule has 0 unspecified atom stereocenters. The van der Waals surface area contributed by atoms with Crippen LogP contribution < -0.4 is 14.9 Å². The molecule has 0 saturated carbocycles. The zero-order valence-electron chi connectivity index (χ0n) is 14.7. The molecule has 1 aliphatic heterocycles. The second-order valence-corrected chi connectivity index (χ2v) is 6.38. The minimum atomic E-state index is -0.575. The third-order valence-corrected chi connectivity index (χ3v) is 4.44. The molecule has 23 heavy (non-hydrogen) atoms. The van der Waals surface area contributed by atoms with E-state index < -0.39 is 24.3 Å². The van der Waals surface area contributed by atoms with Crippen LogP contribution in [0.1, 0.15) is 38.1 Å². The van der Waals surface area contributed by atoms with Crippen molar-refractivity contribution >= 4 is 18.6 Å². The monoisotopic (exact) mass is 322 g/mol. The van der Waals surface area contributed by atoms with E-state index in [0.717, 1.165) is 0 Å². The third-order valence-electron chi connectivity index (χ3n) is 4.44.